The molecule has 4 aromatic rings. The third-order valence-corrected chi connectivity index (χ3v) is 4.95. The molecule has 0 aliphatic rings. The molecule has 0 saturated heterocycles. The van der Waals surface area contributed by atoms with Gasteiger partial charge in [0.1, 0.15) is 0 Å². The van der Waals surface area contributed by atoms with E-state index in [0.29, 0.717) is 11.3 Å². The van der Waals surface area contributed by atoms with Crippen LogP contribution >= 0.6 is 0 Å². The molecule has 1 heterocycles. The first kappa shape index (κ1) is 18.7. The Kier molecular flexibility index (Phi) is 5.00. The molecule has 1 N–H and O–H groups in total. The largest absolute Gasteiger partial charge is 0.295 e. The van der Waals surface area contributed by atoms with Gasteiger partial charge in [-0.25, -0.2) is 9.67 Å². The fourth-order valence-corrected chi connectivity index (χ4v) is 3.50. The Morgan fingerprint density at radius 3 is 2.17 bits per heavy atom. The Bertz CT molecular complexity index is 1230. The van der Waals surface area contributed by atoms with E-state index in [0.717, 1.165) is 28.2 Å². The lowest BCUT2D eigenvalue weighted by Gasteiger charge is -2.08. The lowest BCUT2D eigenvalue weighted by Crippen LogP contribution is -2.21. The van der Waals surface area contributed by atoms with Gasteiger partial charge in [-0.2, -0.15) is 0 Å². The highest BCUT2D eigenvalue weighted by Gasteiger charge is 2.19. The predicted octanol–water partition coefficient (Wildman–Crippen LogP) is 5.26. The van der Waals surface area contributed by atoms with Gasteiger partial charge in [-0.1, -0.05) is 66.2 Å². The van der Waals surface area contributed by atoms with Crippen molar-refractivity contribution in [3.05, 3.63) is 117 Å². The molecule has 4 nitrogen and oxygen atoms in total. The molecule has 0 saturated carbocycles. The highest BCUT2D eigenvalue weighted by atomic mass is 16.1. The predicted molar refractivity (Wildman–Crippen MR) is 119 cm³/mol. The zero-order valence-electron chi connectivity index (χ0n) is 16.8. The lowest BCUT2D eigenvalue weighted by molar-refractivity contribution is 0.835. The van der Waals surface area contributed by atoms with Gasteiger partial charge in [0.2, 0.25) is 0 Å². The second-order valence-corrected chi connectivity index (χ2v) is 7.20. The van der Waals surface area contributed by atoms with Crippen molar-refractivity contribution < 1.29 is 0 Å². The summed E-state index contributed by atoms with van der Waals surface area (Å²) in [5.74, 6) is 0. The number of aromatic nitrogens is 2. The Morgan fingerprint density at radius 2 is 1.52 bits per heavy atom. The zero-order valence-corrected chi connectivity index (χ0v) is 16.8. The number of aliphatic imine (C=N–C) groups is 1. The molecule has 3 aromatic carbocycles. The Morgan fingerprint density at radius 1 is 0.862 bits per heavy atom. The van der Waals surface area contributed by atoms with Gasteiger partial charge in [0.05, 0.1) is 22.6 Å². The van der Waals surface area contributed by atoms with E-state index in [2.05, 4.69) is 18.1 Å². The summed E-state index contributed by atoms with van der Waals surface area (Å²) in [6.45, 7) is 6.02. The number of benzene rings is 3. The summed E-state index contributed by atoms with van der Waals surface area (Å²) < 4.78 is 1.57. The molecule has 4 heteroatoms. The van der Waals surface area contributed by atoms with Gasteiger partial charge in [-0.05, 0) is 44.5 Å². The summed E-state index contributed by atoms with van der Waals surface area (Å²) in [4.78, 5) is 18.3. The van der Waals surface area contributed by atoms with Crippen LogP contribution in [0, 0.1) is 20.8 Å². The van der Waals surface area contributed by atoms with Crippen LogP contribution in [-0.4, -0.2) is 15.5 Å². The van der Waals surface area contributed by atoms with Crippen molar-refractivity contribution in [2.45, 2.75) is 20.8 Å². The number of nitrogens with zero attached hydrogens (tertiary/aromatic N) is 2. The fourth-order valence-electron chi connectivity index (χ4n) is 3.50. The number of nitrogens with one attached hydrogen (secondary N) is 1. The van der Waals surface area contributed by atoms with E-state index < -0.39 is 0 Å². The molecule has 4 rings (SSSR count). The normalized spacial score (nSPS) is 11.6. The van der Waals surface area contributed by atoms with E-state index in [1.165, 1.54) is 5.56 Å². The van der Waals surface area contributed by atoms with Crippen LogP contribution in [0.1, 0.15) is 27.9 Å². The molecule has 1 aromatic heterocycles. The molecule has 0 atom stereocenters. The van der Waals surface area contributed by atoms with Gasteiger partial charge in [-0.15, -0.1) is 0 Å². The maximum atomic E-state index is 13.4. The summed E-state index contributed by atoms with van der Waals surface area (Å²) >= 11 is 0. The van der Waals surface area contributed by atoms with Crippen LogP contribution in [0.2, 0.25) is 0 Å². The zero-order chi connectivity index (χ0) is 20.4. The molecule has 0 spiro atoms. The molecule has 144 valence electrons. The second kappa shape index (κ2) is 7.76. The molecular formula is C25H23N3O. The summed E-state index contributed by atoms with van der Waals surface area (Å²) in [6, 6.07) is 25.6. The fraction of sp³-hybridized carbons (Fsp3) is 0.120. The molecule has 0 amide bonds. The van der Waals surface area contributed by atoms with Crippen molar-refractivity contribution in [1.29, 1.82) is 0 Å². The maximum absolute atomic E-state index is 13.4. The van der Waals surface area contributed by atoms with Crippen LogP contribution in [0.4, 0.5) is 5.69 Å². The van der Waals surface area contributed by atoms with Gasteiger partial charge in [0, 0.05) is 11.3 Å². The number of aryl methyl sites for hydroxylation is 3. The van der Waals surface area contributed by atoms with Crippen molar-refractivity contribution in [2.75, 3.05) is 0 Å². The molecule has 0 fully saturated rings. The molecule has 0 unspecified atom stereocenters. The number of aromatic amines is 1. The van der Waals surface area contributed by atoms with Crippen LogP contribution in [-0.2, 0) is 0 Å². The number of hydrogen-bond donors (Lipinski definition) is 1. The summed E-state index contributed by atoms with van der Waals surface area (Å²) in [6.07, 6.45) is 0. The van der Waals surface area contributed by atoms with Crippen molar-refractivity contribution in [1.82, 2.24) is 9.78 Å². The van der Waals surface area contributed by atoms with E-state index >= 15 is 0 Å². The number of hydrogen-bond acceptors (Lipinski definition) is 2. The molecule has 29 heavy (non-hydrogen) atoms. The van der Waals surface area contributed by atoms with Crippen LogP contribution in [0.3, 0.4) is 0 Å². The lowest BCUT2D eigenvalue weighted by atomic mass is 10.0. The molecule has 0 aliphatic carbocycles. The van der Waals surface area contributed by atoms with Crippen molar-refractivity contribution in [3.63, 3.8) is 0 Å². The Balaban J connectivity index is 1.95. The first-order chi connectivity index (χ1) is 14.0. The van der Waals surface area contributed by atoms with E-state index in [4.69, 9.17) is 4.99 Å². The van der Waals surface area contributed by atoms with Crippen LogP contribution in [0.5, 0.6) is 0 Å². The minimum Gasteiger partial charge on any atom is -0.295 e. The van der Waals surface area contributed by atoms with Crippen LogP contribution in [0.25, 0.3) is 5.69 Å². The van der Waals surface area contributed by atoms with Crippen molar-refractivity contribution in [3.8, 4) is 5.69 Å². The highest BCUT2D eigenvalue weighted by molar-refractivity contribution is 6.14. The van der Waals surface area contributed by atoms with Crippen molar-refractivity contribution in [2.24, 2.45) is 4.99 Å². The van der Waals surface area contributed by atoms with Gasteiger partial charge in [0.25, 0.3) is 5.56 Å². The molecule has 0 aliphatic heterocycles. The van der Waals surface area contributed by atoms with E-state index in [1.807, 2.05) is 86.6 Å². The highest BCUT2D eigenvalue weighted by Crippen LogP contribution is 2.23. The third kappa shape index (κ3) is 3.69. The second-order valence-electron chi connectivity index (χ2n) is 7.20. The Hall–Kier alpha value is -3.66. The standard InChI is InChI=1S/C25H23N3O/c1-17-14-15-22(18(2)16-17)26-24(20-10-6-4-7-11-20)23-19(3)27-28(25(23)29)21-12-8-5-9-13-21/h4-16,27H,1-3H3. The molecular weight excluding hydrogens is 358 g/mol. The first-order valence-corrected chi connectivity index (χ1v) is 9.63. The smallest absolute Gasteiger partial charge is 0.280 e. The third-order valence-electron chi connectivity index (χ3n) is 4.95. The maximum Gasteiger partial charge on any atom is 0.280 e. The monoisotopic (exact) mass is 381 g/mol. The minimum atomic E-state index is -0.110. The number of para-hydroxylation sites is 1. The van der Waals surface area contributed by atoms with Crippen LogP contribution in [0.15, 0.2) is 88.6 Å². The SMILES string of the molecule is Cc1ccc(N=C(c2ccccc2)c2c(C)[nH]n(-c3ccccc3)c2=O)c(C)c1. The summed E-state index contributed by atoms with van der Waals surface area (Å²) in [7, 11) is 0. The van der Waals surface area contributed by atoms with Gasteiger partial charge >= 0.3 is 0 Å². The summed E-state index contributed by atoms with van der Waals surface area (Å²) in [5, 5.41) is 3.21. The molecule has 0 bridgehead atoms. The van der Waals surface area contributed by atoms with E-state index in [1.54, 1.807) is 4.68 Å². The number of rotatable bonds is 4. The molecule has 0 radical (unpaired) electrons. The van der Waals surface area contributed by atoms with E-state index in [9.17, 15) is 4.79 Å². The van der Waals surface area contributed by atoms with Crippen LogP contribution < -0.4 is 5.56 Å². The Labute approximate surface area is 170 Å². The van der Waals surface area contributed by atoms with Gasteiger partial charge < -0.3 is 0 Å². The first-order valence-electron chi connectivity index (χ1n) is 9.63. The minimum absolute atomic E-state index is 0.110. The average Bonchev–Trinajstić information content (AvgIpc) is 3.03. The summed E-state index contributed by atoms with van der Waals surface area (Å²) in [5.41, 5.74) is 6.76. The van der Waals surface area contributed by atoms with Crippen molar-refractivity contribution >= 4 is 11.4 Å². The average molecular weight is 381 g/mol. The van der Waals surface area contributed by atoms with Gasteiger partial charge in [-0.3, -0.25) is 9.89 Å². The van der Waals surface area contributed by atoms with Gasteiger partial charge in [0.15, 0.2) is 0 Å². The number of H-pyrrole nitrogens is 1. The quantitative estimate of drug-likeness (QED) is 0.482. The van der Waals surface area contributed by atoms with E-state index in [-0.39, 0.29) is 5.56 Å². The topological polar surface area (TPSA) is 50.1 Å².